The van der Waals surface area contributed by atoms with E-state index in [0.717, 1.165) is 44.7 Å². The van der Waals surface area contributed by atoms with Crippen molar-refractivity contribution in [2.24, 2.45) is 0 Å². The molecule has 0 aliphatic carbocycles. The summed E-state index contributed by atoms with van der Waals surface area (Å²) in [5.74, 6) is 1.20. The maximum Gasteiger partial charge on any atom is 0.240 e. The Morgan fingerprint density at radius 3 is 2.59 bits per heavy atom. The van der Waals surface area contributed by atoms with Crippen molar-refractivity contribution in [3.63, 3.8) is 0 Å². The number of carbonyl (C=O) groups excluding carboxylic acids is 1. The zero-order valence-electron chi connectivity index (χ0n) is 13.4. The van der Waals surface area contributed by atoms with E-state index in [2.05, 4.69) is 34.0 Å². The Hall–Kier alpha value is -1.69. The molecule has 3 rings (SSSR count). The highest BCUT2D eigenvalue weighted by atomic mass is 16.2. The predicted molar refractivity (Wildman–Crippen MR) is 85.5 cm³/mol. The number of aromatic nitrogens is 2. The normalized spacial score (nSPS) is 24.2. The molecule has 0 radical (unpaired) electrons. The summed E-state index contributed by atoms with van der Waals surface area (Å²) in [7, 11) is 0. The zero-order chi connectivity index (χ0) is 15.5. The summed E-state index contributed by atoms with van der Waals surface area (Å²) in [5, 5.41) is 3.46. The van der Waals surface area contributed by atoms with Crippen molar-refractivity contribution in [1.82, 2.24) is 19.8 Å². The van der Waals surface area contributed by atoms with Gasteiger partial charge in [0.05, 0.1) is 6.04 Å². The van der Waals surface area contributed by atoms with Crippen LogP contribution in [0.1, 0.15) is 33.1 Å². The van der Waals surface area contributed by atoms with Crippen LogP contribution in [0.4, 0.5) is 5.82 Å². The number of anilines is 1. The molecule has 6 nitrogen and oxygen atoms in total. The molecule has 2 aliphatic rings. The van der Waals surface area contributed by atoms with Gasteiger partial charge in [-0.2, -0.15) is 0 Å². The van der Waals surface area contributed by atoms with Gasteiger partial charge in [-0.15, -0.1) is 0 Å². The molecule has 0 aromatic carbocycles. The van der Waals surface area contributed by atoms with E-state index < -0.39 is 0 Å². The van der Waals surface area contributed by atoms with Crippen LogP contribution in [-0.2, 0) is 4.79 Å². The fraction of sp³-hybridized carbons (Fsp3) is 0.688. The number of nitrogens with one attached hydrogen (secondary N) is 1. The molecule has 2 aliphatic heterocycles. The van der Waals surface area contributed by atoms with Crippen molar-refractivity contribution in [3.8, 4) is 0 Å². The summed E-state index contributed by atoms with van der Waals surface area (Å²) in [6.45, 7) is 7.05. The van der Waals surface area contributed by atoms with Crippen molar-refractivity contribution in [2.75, 3.05) is 25.0 Å². The molecule has 6 heteroatoms. The highest BCUT2D eigenvalue weighted by molar-refractivity contribution is 5.84. The third-order valence-electron chi connectivity index (χ3n) is 4.74. The van der Waals surface area contributed by atoms with Gasteiger partial charge in [0, 0.05) is 37.9 Å². The van der Waals surface area contributed by atoms with Crippen LogP contribution in [0.3, 0.4) is 0 Å². The summed E-state index contributed by atoms with van der Waals surface area (Å²) in [5.41, 5.74) is 0. The summed E-state index contributed by atoms with van der Waals surface area (Å²) in [6, 6.07) is 2.74. The topological polar surface area (TPSA) is 61.4 Å². The number of hydrogen-bond acceptors (Lipinski definition) is 5. The lowest BCUT2D eigenvalue weighted by atomic mass is 10.0. The highest BCUT2D eigenvalue weighted by Gasteiger charge is 2.38. The van der Waals surface area contributed by atoms with E-state index in [1.807, 2.05) is 11.0 Å². The first-order valence-electron chi connectivity index (χ1n) is 8.22. The number of amides is 1. The Morgan fingerprint density at radius 1 is 1.23 bits per heavy atom. The molecule has 1 aromatic rings. The summed E-state index contributed by atoms with van der Waals surface area (Å²) in [4.78, 5) is 25.0. The van der Waals surface area contributed by atoms with Gasteiger partial charge in [0.25, 0.3) is 0 Å². The second-order valence-electron chi connectivity index (χ2n) is 6.48. The van der Waals surface area contributed by atoms with Crippen LogP contribution in [0.15, 0.2) is 18.6 Å². The smallest absolute Gasteiger partial charge is 0.240 e. The molecule has 1 amide bonds. The Labute approximate surface area is 131 Å². The van der Waals surface area contributed by atoms with Crippen molar-refractivity contribution in [2.45, 2.75) is 51.2 Å². The van der Waals surface area contributed by atoms with E-state index in [4.69, 9.17) is 0 Å². The van der Waals surface area contributed by atoms with Gasteiger partial charge >= 0.3 is 0 Å². The minimum absolute atomic E-state index is 0.0994. The van der Waals surface area contributed by atoms with Crippen molar-refractivity contribution >= 4 is 11.7 Å². The second kappa shape index (κ2) is 6.60. The molecule has 0 bridgehead atoms. The van der Waals surface area contributed by atoms with Crippen LogP contribution < -0.4 is 5.32 Å². The molecule has 0 saturated carbocycles. The van der Waals surface area contributed by atoms with Gasteiger partial charge in [0.2, 0.25) is 5.91 Å². The molecule has 3 heterocycles. The minimum atomic E-state index is 0.0994. The van der Waals surface area contributed by atoms with Gasteiger partial charge in [0.15, 0.2) is 0 Å². The van der Waals surface area contributed by atoms with Crippen LogP contribution in [-0.4, -0.2) is 63.4 Å². The summed E-state index contributed by atoms with van der Waals surface area (Å²) >= 11 is 0. The van der Waals surface area contributed by atoms with Gasteiger partial charge in [-0.05, 0) is 39.2 Å². The predicted octanol–water partition coefficient (Wildman–Crippen LogP) is 1.36. The van der Waals surface area contributed by atoms with Crippen LogP contribution in [0, 0.1) is 0 Å². The Balaban J connectivity index is 1.51. The molecule has 2 saturated heterocycles. The lowest BCUT2D eigenvalue weighted by Crippen LogP contribution is -2.48. The molecular weight excluding hydrogens is 278 g/mol. The van der Waals surface area contributed by atoms with E-state index in [1.54, 1.807) is 12.5 Å². The van der Waals surface area contributed by atoms with E-state index in [-0.39, 0.29) is 6.04 Å². The number of nitrogens with zero attached hydrogens (tertiary/aromatic N) is 4. The van der Waals surface area contributed by atoms with Crippen LogP contribution in [0.2, 0.25) is 0 Å². The van der Waals surface area contributed by atoms with Crippen LogP contribution in [0.25, 0.3) is 0 Å². The Morgan fingerprint density at radius 2 is 2.00 bits per heavy atom. The van der Waals surface area contributed by atoms with E-state index in [0.29, 0.717) is 18.0 Å². The van der Waals surface area contributed by atoms with Crippen LogP contribution >= 0.6 is 0 Å². The van der Waals surface area contributed by atoms with Gasteiger partial charge < -0.3 is 10.2 Å². The minimum Gasteiger partial charge on any atom is -0.367 e. The quantitative estimate of drug-likeness (QED) is 0.910. The number of carbonyl (C=O) groups is 1. The maximum atomic E-state index is 12.5. The van der Waals surface area contributed by atoms with E-state index >= 15 is 0 Å². The Bertz CT molecular complexity index is 499. The number of rotatable bonds is 4. The van der Waals surface area contributed by atoms with Crippen molar-refractivity contribution < 1.29 is 4.79 Å². The second-order valence-corrected chi connectivity index (χ2v) is 6.48. The fourth-order valence-electron chi connectivity index (χ4n) is 3.48. The van der Waals surface area contributed by atoms with Gasteiger partial charge in [0.1, 0.15) is 12.1 Å². The SMILES string of the molecule is CC(C)N1CCC(N2CCC(Nc3ccncn3)CC2)C1=O. The number of likely N-dealkylation sites (tertiary alicyclic amines) is 2. The molecule has 1 atom stereocenters. The van der Waals surface area contributed by atoms with E-state index in [1.165, 1.54) is 0 Å². The lowest BCUT2D eigenvalue weighted by Gasteiger charge is -2.35. The van der Waals surface area contributed by atoms with Gasteiger partial charge in [-0.25, -0.2) is 9.97 Å². The first-order chi connectivity index (χ1) is 10.6. The number of piperidine rings is 1. The standard InChI is InChI=1S/C16H25N5O/c1-12(2)21-10-6-14(16(21)22)20-8-4-13(5-9-20)19-15-3-7-17-11-18-15/h3,7,11-14H,4-6,8-10H2,1-2H3,(H,17,18,19). The molecule has 0 spiro atoms. The zero-order valence-corrected chi connectivity index (χ0v) is 13.4. The first-order valence-corrected chi connectivity index (χ1v) is 8.22. The first kappa shape index (κ1) is 15.2. The molecule has 1 N–H and O–H groups in total. The molecule has 1 unspecified atom stereocenters. The lowest BCUT2D eigenvalue weighted by molar-refractivity contribution is -0.133. The molecule has 22 heavy (non-hydrogen) atoms. The molecule has 120 valence electrons. The van der Waals surface area contributed by atoms with Crippen molar-refractivity contribution in [3.05, 3.63) is 18.6 Å². The summed E-state index contributed by atoms with van der Waals surface area (Å²) < 4.78 is 0. The third-order valence-corrected chi connectivity index (χ3v) is 4.74. The monoisotopic (exact) mass is 303 g/mol. The Kier molecular flexibility index (Phi) is 4.57. The average molecular weight is 303 g/mol. The largest absolute Gasteiger partial charge is 0.367 e. The number of hydrogen-bond donors (Lipinski definition) is 1. The van der Waals surface area contributed by atoms with Gasteiger partial charge in [-0.3, -0.25) is 9.69 Å². The van der Waals surface area contributed by atoms with Gasteiger partial charge in [-0.1, -0.05) is 0 Å². The maximum absolute atomic E-state index is 12.5. The summed E-state index contributed by atoms with van der Waals surface area (Å²) in [6.07, 6.45) is 6.39. The van der Waals surface area contributed by atoms with Crippen molar-refractivity contribution in [1.29, 1.82) is 0 Å². The average Bonchev–Trinajstić information content (AvgIpc) is 2.91. The third kappa shape index (κ3) is 3.21. The fourth-order valence-corrected chi connectivity index (χ4v) is 3.48. The molecular formula is C16H25N5O. The molecule has 1 aromatic heterocycles. The van der Waals surface area contributed by atoms with E-state index in [9.17, 15) is 4.79 Å². The molecule has 2 fully saturated rings. The highest BCUT2D eigenvalue weighted by Crippen LogP contribution is 2.24. The van der Waals surface area contributed by atoms with Crippen LogP contribution in [0.5, 0.6) is 0 Å².